The van der Waals surface area contributed by atoms with Crippen LogP contribution in [0.1, 0.15) is 51.2 Å². The first-order chi connectivity index (χ1) is 16.4. The minimum absolute atomic E-state index is 0.0129. The van der Waals surface area contributed by atoms with Gasteiger partial charge in [-0.15, -0.1) is 0 Å². The molecule has 1 N–H and O–H groups in total. The molecule has 2 aromatic rings. The van der Waals surface area contributed by atoms with E-state index in [0.717, 1.165) is 22.5 Å². The number of para-hydroxylation sites is 1. The highest BCUT2D eigenvalue weighted by atomic mass is 35.5. The van der Waals surface area contributed by atoms with Crippen LogP contribution in [0.4, 0.5) is 5.69 Å². The fourth-order valence-corrected chi connectivity index (χ4v) is 4.95. The first-order valence-electron chi connectivity index (χ1n) is 11.4. The highest BCUT2D eigenvalue weighted by Gasteiger charge is 2.31. The maximum Gasteiger partial charge on any atom is 0.244 e. The first kappa shape index (κ1) is 28.9. The normalized spacial score (nSPS) is 12.3. The van der Waals surface area contributed by atoms with E-state index in [9.17, 15) is 18.0 Å². The molecule has 192 valence electrons. The molecule has 1 atom stereocenters. The summed E-state index contributed by atoms with van der Waals surface area (Å²) >= 11 is 12.4. The van der Waals surface area contributed by atoms with Crippen LogP contribution in [-0.4, -0.2) is 50.5 Å². The van der Waals surface area contributed by atoms with E-state index in [1.165, 1.54) is 4.90 Å². The molecule has 0 radical (unpaired) electrons. The molecule has 0 fully saturated rings. The van der Waals surface area contributed by atoms with Crippen LogP contribution >= 0.6 is 23.2 Å². The zero-order valence-corrected chi connectivity index (χ0v) is 23.0. The zero-order chi connectivity index (χ0) is 26.3. The Balaban J connectivity index is 2.47. The predicted octanol–water partition coefficient (Wildman–Crippen LogP) is 4.83. The molecular formula is C25H33Cl2N3O4S. The lowest BCUT2D eigenvalue weighted by molar-refractivity contribution is -0.139. The van der Waals surface area contributed by atoms with Gasteiger partial charge in [0.05, 0.1) is 11.9 Å². The zero-order valence-electron chi connectivity index (χ0n) is 20.7. The number of nitrogens with one attached hydrogen (secondary N) is 1. The van der Waals surface area contributed by atoms with Gasteiger partial charge in [-0.3, -0.25) is 13.9 Å². The molecular weight excluding hydrogens is 509 g/mol. The van der Waals surface area contributed by atoms with Crippen molar-refractivity contribution in [2.45, 2.75) is 52.6 Å². The van der Waals surface area contributed by atoms with Crippen LogP contribution in [0.2, 0.25) is 10.0 Å². The van der Waals surface area contributed by atoms with E-state index in [1.807, 2.05) is 32.9 Å². The van der Waals surface area contributed by atoms with Crippen molar-refractivity contribution in [3.63, 3.8) is 0 Å². The summed E-state index contributed by atoms with van der Waals surface area (Å²) in [7, 11) is -3.81. The number of hydrogen-bond acceptors (Lipinski definition) is 4. The average molecular weight is 543 g/mol. The standard InChI is InChI=1S/C25H33Cl2N3O4S/c1-6-13-28-25(32)18(4)29(15-19-11-12-20(26)14-22(19)27)24(31)16-30(35(5,33)34)23-10-8-7-9-21(23)17(2)3/h7-12,14,17-18H,6,13,15-16H2,1-5H3,(H,28,32). The predicted molar refractivity (Wildman–Crippen MR) is 142 cm³/mol. The van der Waals surface area contributed by atoms with Gasteiger partial charge in [0.2, 0.25) is 21.8 Å². The van der Waals surface area contributed by atoms with Crippen LogP contribution in [-0.2, 0) is 26.2 Å². The van der Waals surface area contributed by atoms with Crippen LogP contribution in [0.3, 0.4) is 0 Å². The Morgan fingerprint density at radius 1 is 1.06 bits per heavy atom. The van der Waals surface area contributed by atoms with Crippen molar-refractivity contribution in [1.29, 1.82) is 0 Å². The Morgan fingerprint density at radius 2 is 1.71 bits per heavy atom. The van der Waals surface area contributed by atoms with Crippen LogP contribution in [0.25, 0.3) is 0 Å². The van der Waals surface area contributed by atoms with Crippen molar-refractivity contribution in [2.24, 2.45) is 0 Å². The van der Waals surface area contributed by atoms with Crippen LogP contribution in [0.5, 0.6) is 0 Å². The molecule has 1 unspecified atom stereocenters. The monoisotopic (exact) mass is 541 g/mol. The van der Waals surface area contributed by atoms with Crippen molar-refractivity contribution < 1.29 is 18.0 Å². The molecule has 0 saturated carbocycles. The second-order valence-corrected chi connectivity index (χ2v) is 11.5. The molecule has 0 aliphatic heterocycles. The lowest BCUT2D eigenvalue weighted by atomic mass is 10.0. The Bertz CT molecular complexity index is 1160. The fraction of sp³-hybridized carbons (Fsp3) is 0.440. The second kappa shape index (κ2) is 12.6. The molecule has 0 aromatic heterocycles. The Kier molecular flexibility index (Phi) is 10.4. The van der Waals surface area contributed by atoms with Gasteiger partial charge >= 0.3 is 0 Å². The third-order valence-corrected chi connectivity index (χ3v) is 7.29. The highest BCUT2D eigenvalue weighted by molar-refractivity contribution is 7.92. The van der Waals surface area contributed by atoms with E-state index in [1.54, 1.807) is 37.3 Å². The number of sulfonamides is 1. The van der Waals surface area contributed by atoms with E-state index >= 15 is 0 Å². The number of nitrogens with zero attached hydrogens (tertiary/aromatic N) is 2. The molecule has 2 aromatic carbocycles. The summed E-state index contributed by atoms with van der Waals surface area (Å²) in [6, 6.07) is 11.1. The van der Waals surface area contributed by atoms with Gasteiger partial charge in [0.1, 0.15) is 12.6 Å². The molecule has 2 amide bonds. The van der Waals surface area contributed by atoms with Gasteiger partial charge in [0.15, 0.2) is 0 Å². The molecule has 0 aliphatic carbocycles. The van der Waals surface area contributed by atoms with Crippen molar-refractivity contribution >= 4 is 50.7 Å². The van der Waals surface area contributed by atoms with Gasteiger partial charge in [-0.25, -0.2) is 8.42 Å². The SMILES string of the molecule is CCCNC(=O)C(C)N(Cc1ccc(Cl)cc1Cl)C(=O)CN(c1ccccc1C(C)C)S(C)(=O)=O. The Morgan fingerprint density at radius 3 is 2.29 bits per heavy atom. The molecule has 2 rings (SSSR count). The van der Waals surface area contributed by atoms with E-state index in [4.69, 9.17) is 23.2 Å². The number of amides is 2. The molecule has 0 spiro atoms. The lowest BCUT2D eigenvalue weighted by Crippen LogP contribution is -2.51. The van der Waals surface area contributed by atoms with Crippen molar-refractivity contribution in [1.82, 2.24) is 10.2 Å². The number of benzene rings is 2. The summed E-state index contributed by atoms with van der Waals surface area (Å²) in [6.45, 7) is 7.46. The van der Waals surface area contributed by atoms with Gasteiger partial charge in [-0.1, -0.05) is 68.2 Å². The van der Waals surface area contributed by atoms with Crippen molar-refractivity contribution in [3.05, 3.63) is 63.6 Å². The summed E-state index contributed by atoms with van der Waals surface area (Å²) < 4.78 is 26.7. The maximum atomic E-state index is 13.6. The van der Waals surface area contributed by atoms with E-state index in [0.29, 0.717) is 27.8 Å². The molecule has 0 heterocycles. The highest BCUT2D eigenvalue weighted by Crippen LogP contribution is 2.29. The number of carbonyl (C=O) groups excluding carboxylic acids is 2. The molecule has 35 heavy (non-hydrogen) atoms. The lowest BCUT2D eigenvalue weighted by Gasteiger charge is -2.32. The minimum atomic E-state index is -3.81. The number of rotatable bonds is 11. The molecule has 0 saturated heterocycles. The van der Waals surface area contributed by atoms with Crippen molar-refractivity contribution in [2.75, 3.05) is 23.7 Å². The summed E-state index contributed by atoms with van der Waals surface area (Å²) in [4.78, 5) is 27.8. The number of carbonyl (C=O) groups is 2. The fourth-order valence-electron chi connectivity index (χ4n) is 3.61. The minimum Gasteiger partial charge on any atom is -0.354 e. The first-order valence-corrected chi connectivity index (χ1v) is 14.0. The van der Waals surface area contributed by atoms with Gasteiger partial charge < -0.3 is 10.2 Å². The second-order valence-electron chi connectivity index (χ2n) is 8.71. The maximum absolute atomic E-state index is 13.6. The van der Waals surface area contributed by atoms with Gasteiger partial charge in [0.25, 0.3) is 0 Å². The summed E-state index contributed by atoms with van der Waals surface area (Å²) in [6.07, 6.45) is 1.80. The number of halogens is 2. The van der Waals surface area contributed by atoms with E-state index in [2.05, 4.69) is 5.32 Å². The number of hydrogen-bond donors (Lipinski definition) is 1. The quantitative estimate of drug-likeness (QED) is 0.441. The summed E-state index contributed by atoms with van der Waals surface area (Å²) in [5.41, 5.74) is 1.82. The number of anilines is 1. The van der Waals surface area contributed by atoms with Crippen LogP contribution < -0.4 is 9.62 Å². The third kappa shape index (κ3) is 7.85. The Hall–Kier alpha value is -2.29. The molecule has 0 aliphatic rings. The summed E-state index contributed by atoms with van der Waals surface area (Å²) in [5.74, 6) is -0.828. The van der Waals surface area contributed by atoms with Crippen LogP contribution in [0, 0.1) is 0 Å². The van der Waals surface area contributed by atoms with E-state index < -0.39 is 28.5 Å². The molecule has 10 heteroatoms. The average Bonchev–Trinajstić information content (AvgIpc) is 2.79. The largest absolute Gasteiger partial charge is 0.354 e. The van der Waals surface area contributed by atoms with Gasteiger partial charge in [-0.05, 0) is 48.6 Å². The van der Waals surface area contributed by atoms with Crippen LogP contribution in [0.15, 0.2) is 42.5 Å². The smallest absolute Gasteiger partial charge is 0.244 e. The summed E-state index contributed by atoms with van der Waals surface area (Å²) in [5, 5.41) is 3.59. The molecule has 7 nitrogen and oxygen atoms in total. The van der Waals surface area contributed by atoms with Gasteiger partial charge in [0, 0.05) is 23.1 Å². The Labute approximate surface area is 218 Å². The topological polar surface area (TPSA) is 86.8 Å². The molecule has 0 bridgehead atoms. The van der Waals surface area contributed by atoms with Crippen molar-refractivity contribution in [3.8, 4) is 0 Å². The van der Waals surface area contributed by atoms with Gasteiger partial charge in [-0.2, -0.15) is 0 Å². The third-order valence-electron chi connectivity index (χ3n) is 5.58. The van der Waals surface area contributed by atoms with E-state index in [-0.39, 0.29) is 18.4 Å².